The van der Waals surface area contributed by atoms with Crippen LogP contribution in [0.2, 0.25) is 0 Å². The van der Waals surface area contributed by atoms with Gasteiger partial charge >= 0.3 is 0 Å². The quantitative estimate of drug-likeness (QED) is 0.0857. The first-order valence-electron chi connectivity index (χ1n) is 14.9. The van der Waals surface area contributed by atoms with E-state index in [1.807, 2.05) is 61.5 Å². The summed E-state index contributed by atoms with van der Waals surface area (Å²) in [6, 6.07) is 20.6. The van der Waals surface area contributed by atoms with Gasteiger partial charge < -0.3 is 10.1 Å². The van der Waals surface area contributed by atoms with Crippen LogP contribution in [0.1, 0.15) is 84.1 Å². The Labute approximate surface area is 275 Å². The molecule has 0 amide bonds. The van der Waals surface area contributed by atoms with E-state index in [2.05, 4.69) is 74.3 Å². The number of fused-ring (bicyclic) bond motifs is 5. The van der Waals surface area contributed by atoms with Crippen molar-refractivity contribution in [2.24, 2.45) is 10.8 Å². The molecule has 1 N–H and O–H groups in total. The first-order valence-corrected chi connectivity index (χ1v) is 14.9. The van der Waals surface area contributed by atoms with Crippen molar-refractivity contribution < 1.29 is 30.0 Å². The minimum atomic E-state index is -0.417. The fourth-order valence-electron chi connectivity index (χ4n) is 4.89. The van der Waals surface area contributed by atoms with Crippen molar-refractivity contribution in [3.8, 4) is 11.3 Å². The molecule has 3 aromatic carbocycles. The molecule has 0 aliphatic rings. The van der Waals surface area contributed by atoms with E-state index >= 15 is 0 Å². The number of aliphatic hydroxyl groups is 1. The van der Waals surface area contributed by atoms with Gasteiger partial charge in [0.1, 0.15) is 11.6 Å². The molecule has 233 valence electrons. The van der Waals surface area contributed by atoms with Gasteiger partial charge in [-0.05, 0) is 45.4 Å². The fraction of sp³-hybridized carbons (Fsp3) is 0.368. The summed E-state index contributed by atoms with van der Waals surface area (Å²) in [6.07, 6.45) is 1.33. The van der Waals surface area contributed by atoms with Gasteiger partial charge in [0.05, 0.1) is 5.52 Å². The van der Waals surface area contributed by atoms with Crippen LogP contribution in [-0.4, -0.2) is 25.8 Å². The molecule has 1 radical (unpaired) electrons. The van der Waals surface area contributed by atoms with Crippen LogP contribution in [0.25, 0.3) is 43.7 Å². The van der Waals surface area contributed by atoms with Crippen molar-refractivity contribution in [1.29, 1.82) is 0 Å². The van der Waals surface area contributed by atoms with Crippen LogP contribution >= 0.6 is 0 Å². The number of aromatic nitrogens is 3. The smallest absolute Gasteiger partial charge is 0.164 e. The van der Waals surface area contributed by atoms with E-state index in [4.69, 9.17) is 9.97 Å². The van der Waals surface area contributed by atoms with Gasteiger partial charge in [-0.25, -0.2) is 4.98 Å². The Hall–Kier alpha value is -3.47. The number of hydrogen-bond donors (Lipinski definition) is 1. The SMILES string of the molecule is CC(C)(C)C(=O)/C=C(\O)C(C)(C)C.Cc1c[c-]c(-c2nc(C(C)C)nc3c2ccc2c4ccccc4cc(C)c23)c(C)n1.[Ir]. The molecule has 0 fully saturated rings. The molecule has 0 spiro atoms. The van der Waals surface area contributed by atoms with Gasteiger partial charge in [0.15, 0.2) is 5.78 Å². The normalized spacial score (nSPS) is 12.3. The van der Waals surface area contributed by atoms with Crippen molar-refractivity contribution in [2.75, 3.05) is 0 Å². The van der Waals surface area contributed by atoms with Gasteiger partial charge in [0.25, 0.3) is 0 Å². The molecule has 2 heterocycles. The van der Waals surface area contributed by atoms with E-state index in [-0.39, 0.29) is 43.0 Å². The molecule has 6 heteroatoms. The second kappa shape index (κ2) is 13.3. The maximum absolute atomic E-state index is 11.5. The topological polar surface area (TPSA) is 76.0 Å². The van der Waals surface area contributed by atoms with Gasteiger partial charge in [-0.1, -0.05) is 112 Å². The van der Waals surface area contributed by atoms with E-state index < -0.39 is 5.41 Å². The Morgan fingerprint density at radius 3 is 2.09 bits per heavy atom. The third kappa shape index (κ3) is 7.42. The number of carbonyl (C=O) groups excluding carboxylic acids is 1. The summed E-state index contributed by atoms with van der Waals surface area (Å²) in [5.41, 5.74) is 5.26. The second-order valence-corrected chi connectivity index (χ2v) is 13.8. The summed E-state index contributed by atoms with van der Waals surface area (Å²) in [6.45, 7) is 21.6. The van der Waals surface area contributed by atoms with Gasteiger partial charge in [0, 0.05) is 54.0 Å². The number of ketones is 1. The van der Waals surface area contributed by atoms with Crippen LogP contribution < -0.4 is 0 Å². The van der Waals surface area contributed by atoms with Crippen LogP contribution in [0, 0.1) is 37.7 Å². The van der Waals surface area contributed by atoms with E-state index in [9.17, 15) is 9.90 Å². The summed E-state index contributed by atoms with van der Waals surface area (Å²) in [5.74, 6) is 1.18. The molecule has 0 saturated carbocycles. The number of pyridine rings is 1. The summed E-state index contributed by atoms with van der Waals surface area (Å²) < 4.78 is 0. The summed E-state index contributed by atoms with van der Waals surface area (Å²) in [5, 5.41) is 15.6. The van der Waals surface area contributed by atoms with Crippen molar-refractivity contribution in [2.45, 2.75) is 82.1 Å². The molecule has 0 aliphatic heterocycles. The Kier molecular flexibility index (Phi) is 10.6. The van der Waals surface area contributed by atoms with Crippen LogP contribution in [0.15, 0.2) is 60.4 Å². The number of allylic oxidation sites excluding steroid dienone is 2. The minimum Gasteiger partial charge on any atom is -0.512 e. The van der Waals surface area contributed by atoms with Gasteiger partial charge in [0.2, 0.25) is 0 Å². The van der Waals surface area contributed by atoms with Crippen molar-refractivity contribution in [3.63, 3.8) is 0 Å². The zero-order chi connectivity index (χ0) is 31.9. The average molecular weight is 767 g/mol. The fourth-order valence-corrected chi connectivity index (χ4v) is 4.89. The predicted octanol–water partition coefficient (Wildman–Crippen LogP) is 9.93. The molecule has 2 aromatic heterocycles. The van der Waals surface area contributed by atoms with E-state index in [0.717, 1.165) is 39.4 Å². The number of aliphatic hydroxyl groups excluding tert-OH is 1. The van der Waals surface area contributed by atoms with Crippen molar-refractivity contribution >= 4 is 38.2 Å². The first-order chi connectivity index (χ1) is 20.0. The molecule has 5 rings (SSSR count). The van der Waals surface area contributed by atoms with Crippen molar-refractivity contribution in [1.82, 2.24) is 15.0 Å². The number of aryl methyl sites for hydroxylation is 3. The Bertz CT molecular complexity index is 1880. The second-order valence-electron chi connectivity index (χ2n) is 13.8. The Morgan fingerprint density at radius 2 is 1.50 bits per heavy atom. The molecule has 0 bridgehead atoms. The maximum atomic E-state index is 11.5. The third-order valence-corrected chi connectivity index (χ3v) is 7.56. The number of rotatable bonds is 3. The number of carbonyl (C=O) groups is 1. The molecule has 0 saturated heterocycles. The van der Waals surface area contributed by atoms with Gasteiger partial charge in [-0.2, -0.15) is 0 Å². The molecule has 44 heavy (non-hydrogen) atoms. The molecule has 0 atom stereocenters. The molecule has 5 aromatic rings. The number of hydrogen-bond acceptors (Lipinski definition) is 5. The first kappa shape index (κ1) is 35.0. The van der Waals surface area contributed by atoms with E-state index in [1.54, 1.807) is 0 Å². The zero-order valence-electron chi connectivity index (χ0n) is 27.8. The Balaban J connectivity index is 0.000000324. The van der Waals surface area contributed by atoms with Gasteiger partial charge in [-0.3, -0.25) is 9.78 Å². The molecule has 5 nitrogen and oxygen atoms in total. The van der Waals surface area contributed by atoms with E-state index in [0.29, 0.717) is 0 Å². The minimum absolute atomic E-state index is 0. The Morgan fingerprint density at radius 1 is 0.864 bits per heavy atom. The summed E-state index contributed by atoms with van der Waals surface area (Å²) >= 11 is 0. The van der Waals surface area contributed by atoms with E-state index in [1.165, 1.54) is 33.2 Å². The molecular weight excluding hydrogens is 723 g/mol. The molecule has 0 unspecified atom stereocenters. The van der Waals surface area contributed by atoms with Crippen LogP contribution in [0.4, 0.5) is 0 Å². The third-order valence-electron chi connectivity index (χ3n) is 7.56. The summed E-state index contributed by atoms with van der Waals surface area (Å²) in [4.78, 5) is 26.2. The number of benzene rings is 3. The summed E-state index contributed by atoms with van der Waals surface area (Å²) in [7, 11) is 0. The number of nitrogens with zero attached hydrogens (tertiary/aromatic N) is 3. The largest absolute Gasteiger partial charge is 0.512 e. The van der Waals surface area contributed by atoms with Crippen molar-refractivity contribution in [3.05, 3.63) is 89.2 Å². The van der Waals surface area contributed by atoms with Crippen LogP contribution in [0.5, 0.6) is 0 Å². The van der Waals surface area contributed by atoms with Gasteiger partial charge in [-0.15, -0.1) is 17.7 Å². The maximum Gasteiger partial charge on any atom is 0.164 e. The molecule has 0 aliphatic carbocycles. The van der Waals surface area contributed by atoms with Crippen LogP contribution in [0.3, 0.4) is 0 Å². The zero-order valence-corrected chi connectivity index (χ0v) is 30.2. The monoisotopic (exact) mass is 767 g/mol. The van der Waals surface area contributed by atoms with Crippen LogP contribution in [-0.2, 0) is 24.9 Å². The standard InChI is InChI=1S/C27H24N3.C11H20O2.Ir/c1-15(2)27-29-25(20-11-10-17(4)28-18(20)5)23-13-12-22-21-9-7-6-8-19(21)14-16(3)24(22)26(23)30-27;1-10(2,3)8(12)7-9(13)11(4,5)6;/h6-10,12-15H,1-5H3;7,12H,1-6H3;/q-1;;/b;8-7-;. The molecular formula is C38H44IrN3O2-. The average Bonchev–Trinajstić information content (AvgIpc) is 2.91. The predicted molar refractivity (Wildman–Crippen MR) is 180 cm³/mol.